The monoisotopic (exact) mass is 928 g/mol. The van der Waals surface area contributed by atoms with Gasteiger partial charge in [-0.05, 0) is 77.0 Å². The second-order valence-electron chi connectivity index (χ2n) is 18.5. The average molecular weight is 928 g/mol. The lowest BCUT2D eigenvalue weighted by molar-refractivity contribution is -0.870. The minimum atomic E-state index is -4.35. The van der Waals surface area contributed by atoms with Crippen LogP contribution in [0.25, 0.3) is 0 Å². The highest BCUT2D eigenvalue weighted by atomic mass is 31.2. The van der Waals surface area contributed by atoms with Gasteiger partial charge in [-0.25, -0.2) is 4.57 Å². The standard InChI is InChI=1S/C56H99N2O6P/c1-6-8-10-12-14-16-18-20-22-23-24-25-26-27-28-29-30-31-32-33-34-35-36-38-40-42-44-46-48-50-56(60)57-54(53-64-65(61,62)63-52-51-58(3,4)5)55(59)49-47-45-43-41-39-37-21-19-17-15-13-11-9-7-2/h8,10,14,16,20,22,24-25,27-28,30-31,33-34,47,49,54-55,59H,6-7,9,11-13,15,17-19,21,23,26,29,32,35-46,48,50-53H2,1-5H3,(H-,57,60,61,62)/p+1/b10-8-,16-14-,22-20-,25-24-,28-27-,31-30-,34-33-,49-47+. The van der Waals surface area contributed by atoms with Crippen molar-refractivity contribution in [3.05, 3.63) is 97.2 Å². The number of nitrogens with one attached hydrogen (secondary N) is 1. The molecule has 0 aromatic heterocycles. The number of quaternary nitrogens is 1. The van der Waals surface area contributed by atoms with E-state index in [0.29, 0.717) is 17.4 Å². The van der Waals surface area contributed by atoms with Crippen molar-refractivity contribution in [2.24, 2.45) is 0 Å². The number of likely N-dealkylation sites (N-methyl/N-ethyl adjacent to an activating group) is 1. The summed E-state index contributed by atoms with van der Waals surface area (Å²) in [4.78, 5) is 23.2. The summed E-state index contributed by atoms with van der Waals surface area (Å²) in [5.41, 5.74) is 0. The Morgan fingerprint density at radius 3 is 1.35 bits per heavy atom. The maximum Gasteiger partial charge on any atom is 0.472 e. The lowest BCUT2D eigenvalue weighted by Gasteiger charge is -2.25. The molecule has 1 amide bonds. The van der Waals surface area contributed by atoms with Gasteiger partial charge in [0.2, 0.25) is 5.91 Å². The highest BCUT2D eigenvalue weighted by Gasteiger charge is 2.27. The number of allylic oxidation sites excluding steroid dienone is 15. The van der Waals surface area contributed by atoms with Gasteiger partial charge in [0.1, 0.15) is 13.2 Å². The maximum absolute atomic E-state index is 12.9. The average Bonchev–Trinajstić information content (AvgIpc) is 3.26. The van der Waals surface area contributed by atoms with E-state index in [-0.39, 0.29) is 19.1 Å². The number of hydrogen-bond acceptors (Lipinski definition) is 5. The van der Waals surface area contributed by atoms with Gasteiger partial charge < -0.3 is 19.8 Å². The number of aliphatic hydroxyl groups excluding tert-OH is 1. The summed E-state index contributed by atoms with van der Waals surface area (Å²) >= 11 is 0. The number of carbonyl (C=O) groups excluding carboxylic acids is 1. The van der Waals surface area contributed by atoms with Crippen molar-refractivity contribution in [2.75, 3.05) is 40.9 Å². The van der Waals surface area contributed by atoms with E-state index in [2.05, 4.69) is 104 Å². The Morgan fingerprint density at radius 2 is 0.923 bits per heavy atom. The summed E-state index contributed by atoms with van der Waals surface area (Å²) in [6, 6.07) is -0.858. The Kier molecular flexibility index (Phi) is 44.7. The molecular formula is C56H100N2O6P+. The molecule has 0 aromatic carbocycles. The van der Waals surface area contributed by atoms with E-state index in [1.54, 1.807) is 6.08 Å². The molecule has 0 saturated carbocycles. The first kappa shape index (κ1) is 62.4. The molecule has 0 aliphatic heterocycles. The molecule has 0 rings (SSSR count). The molecule has 3 N–H and O–H groups in total. The summed E-state index contributed by atoms with van der Waals surface area (Å²) in [5.74, 6) is -0.193. The van der Waals surface area contributed by atoms with Gasteiger partial charge in [-0.1, -0.05) is 214 Å². The van der Waals surface area contributed by atoms with Crippen LogP contribution in [0.5, 0.6) is 0 Å². The predicted molar refractivity (Wildman–Crippen MR) is 281 cm³/mol. The molecule has 3 atom stereocenters. The zero-order chi connectivity index (χ0) is 47.8. The van der Waals surface area contributed by atoms with Crippen LogP contribution in [0.4, 0.5) is 0 Å². The Labute approximate surface area is 400 Å². The number of unbranched alkanes of at least 4 members (excludes halogenated alkanes) is 19. The van der Waals surface area contributed by atoms with Crippen LogP contribution in [-0.2, 0) is 18.4 Å². The Bertz CT molecular complexity index is 1370. The molecule has 65 heavy (non-hydrogen) atoms. The van der Waals surface area contributed by atoms with E-state index in [1.165, 1.54) is 83.5 Å². The lowest BCUT2D eigenvalue weighted by atomic mass is 10.0. The van der Waals surface area contributed by atoms with Crippen molar-refractivity contribution in [3.8, 4) is 0 Å². The van der Waals surface area contributed by atoms with Crippen LogP contribution in [0.1, 0.15) is 200 Å². The van der Waals surface area contributed by atoms with E-state index < -0.39 is 20.0 Å². The van der Waals surface area contributed by atoms with Crippen LogP contribution in [-0.4, -0.2) is 73.4 Å². The van der Waals surface area contributed by atoms with Crippen LogP contribution in [0.2, 0.25) is 0 Å². The molecule has 0 bridgehead atoms. The van der Waals surface area contributed by atoms with E-state index in [1.807, 2.05) is 27.2 Å². The molecule has 8 nitrogen and oxygen atoms in total. The van der Waals surface area contributed by atoms with Crippen LogP contribution in [0.15, 0.2) is 97.2 Å². The van der Waals surface area contributed by atoms with E-state index >= 15 is 0 Å². The molecule has 3 unspecified atom stereocenters. The summed E-state index contributed by atoms with van der Waals surface area (Å²) in [6.07, 6.45) is 66.3. The van der Waals surface area contributed by atoms with Crippen molar-refractivity contribution in [3.63, 3.8) is 0 Å². The third-order valence-corrected chi connectivity index (χ3v) is 12.0. The lowest BCUT2D eigenvalue weighted by Crippen LogP contribution is -2.45. The molecule has 0 aliphatic carbocycles. The summed E-state index contributed by atoms with van der Waals surface area (Å²) < 4.78 is 23.6. The first-order valence-corrected chi connectivity index (χ1v) is 27.6. The van der Waals surface area contributed by atoms with Gasteiger partial charge >= 0.3 is 7.82 Å². The number of carbonyl (C=O) groups is 1. The molecule has 0 aromatic rings. The van der Waals surface area contributed by atoms with Crippen molar-refractivity contribution in [1.82, 2.24) is 5.32 Å². The van der Waals surface area contributed by atoms with Gasteiger partial charge in [0.05, 0.1) is 39.9 Å². The van der Waals surface area contributed by atoms with Gasteiger partial charge in [0.15, 0.2) is 0 Å². The fourth-order valence-corrected chi connectivity index (χ4v) is 7.70. The van der Waals surface area contributed by atoms with Gasteiger partial charge in [-0.2, -0.15) is 0 Å². The molecule has 374 valence electrons. The predicted octanol–water partition coefficient (Wildman–Crippen LogP) is 15.5. The topological polar surface area (TPSA) is 105 Å². The number of aliphatic hydroxyl groups is 1. The number of hydrogen-bond donors (Lipinski definition) is 3. The zero-order valence-corrected chi connectivity index (χ0v) is 43.3. The highest BCUT2D eigenvalue weighted by molar-refractivity contribution is 7.47. The van der Waals surface area contributed by atoms with E-state index in [0.717, 1.165) is 96.3 Å². The van der Waals surface area contributed by atoms with E-state index in [4.69, 9.17) is 9.05 Å². The van der Waals surface area contributed by atoms with Gasteiger partial charge in [0, 0.05) is 6.42 Å². The molecule has 0 fully saturated rings. The SMILES string of the molecule is CC/C=C\C/C=C\C/C=C\C/C=C\C/C=C\C/C=C\C/C=C\CCCCCCCCCC(=O)NC(COP(=O)(O)OCC[N+](C)(C)C)C(O)/C=C/CCCCCCCCCCCCCC. The normalized spacial score (nSPS) is 14.9. The number of amides is 1. The van der Waals surface area contributed by atoms with Crippen molar-refractivity contribution in [2.45, 2.75) is 212 Å². The second kappa shape index (κ2) is 46.5. The molecule has 9 heteroatoms. The zero-order valence-electron chi connectivity index (χ0n) is 42.4. The van der Waals surface area contributed by atoms with Crippen LogP contribution >= 0.6 is 7.82 Å². The molecular weight excluding hydrogens is 828 g/mol. The fraction of sp³-hybridized carbons (Fsp3) is 0.696. The Morgan fingerprint density at radius 1 is 0.538 bits per heavy atom. The smallest absolute Gasteiger partial charge is 0.387 e. The quantitative estimate of drug-likeness (QED) is 0.0243. The second-order valence-corrected chi connectivity index (χ2v) is 20.0. The number of phosphoric ester groups is 1. The van der Waals surface area contributed by atoms with Gasteiger partial charge in [-0.15, -0.1) is 0 Å². The summed E-state index contributed by atoms with van der Waals surface area (Å²) in [5, 5.41) is 13.9. The third-order valence-electron chi connectivity index (χ3n) is 11.1. The van der Waals surface area contributed by atoms with E-state index in [9.17, 15) is 19.4 Å². The van der Waals surface area contributed by atoms with Crippen LogP contribution in [0.3, 0.4) is 0 Å². The highest BCUT2D eigenvalue weighted by Crippen LogP contribution is 2.43. The number of nitrogens with zero attached hydrogens (tertiary/aromatic N) is 1. The number of phosphoric acid groups is 1. The minimum Gasteiger partial charge on any atom is -0.387 e. The molecule has 0 heterocycles. The molecule has 0 saturated heterocycles. The van der Waals surface area contributed by atoms with Crippen molar-refractivity contribution in [1.29, 1.82) is 0 Å². The first-order chi connectivity index (χ1) is 31.5. The maximum atomic E-state index is 12.9. The van der Waals surface area contributed by atoms with Crippen molar-refractivity contribution >= 4 is 13.7 Å². The Balaban J connectivity index is 4.28. The summed E-state index contributed by atoms with van der Waals surface area (Å²) in [6.45, 7) is 4.67. The Hall–Kier alpha value is -2.58. The van der Waals surface area contributed by atoms with Crippen molar-refractivity contribution < 1.29 is 32.9 Å². The fourth-order valence-electron chi connectivity index (χ4n) is 6.96. The minimum absolute atomic E-state index is 0.0542. The summed E-state index contributed by atoms with van der Waals surface area (Å²) in [7, 11) is 1.55. The largest absolute Gasteiger partial charge is 0.472 e. The third kappa shape index (κ3) is 49.2. The molecule has 0 radical (unpaired) electrons. The van der Waals surface area contributed by atoms with Crippen LogP contribution in [0, 0.1) is 0 Å². The number of rotatable bonds is 46. The first-order valence-electron chi connectivity index (χ1n) is 26.1. The molecule has 0 spiro atoms. The van der Waals surface area contributed by atoms with Gasteiger partial charge in [-0.3, -0.25) is 13.8 Å². The van der Waals surface area contributed by atoms with Crippen LogP contribution < -0.4 is 5.32 Å². The van der Waals surface area contributed by atoms with Gasteiger partial charge in [0.25, 0.3) is 0 Å². The molecule has 0 aliphatic rings.